The Hall–Kier alpha value is -1.68. The Morgan fingerprint density at radius 3 is 2.80 bits per heavy atom. The molecule has 0 bridgehead atoms. The fourth-order valence-electron chi connectivity index (χ4n) is 1.32. The van der Waals surface area contributed by atoms with Crippen LogP contribution in [0.1, 0.15) is 24.4 Å². The molecule has 0 fully saturated rings. The van der Waals surface area contributed by atoms with Crippen LogP contribution in [0.25, 0.3) is 11.4 Å². The van der Waals surface area contributed by atoms with E-state index in [1.807, 2.05) is 38.1 Å². The first kappa shape index (κ1) is 9.86. The summed E-state index contributed by atoms with van der Waals surface area (Å²) in [7, 11) is 0. The van der Waals surface area contributed by atoms with Crippen LogP contribution in [0.5, 0.6) is 0 Å². The number of aryl methyl sites for hydroxylation is 1. The summed E-state index contributed by atoms with van der Waals surface area (Å²) >= 11 is 0. The molecule has 78 valence electrons. The first-order valence-electron chi connectivity index (χ1n) is 4.83. The second kappa shape index (κ2) is 3.82. The van der Waals surface area contributed by atoms with Gasteiger partial charge in [-0.3, -0.25) is 0 Å². The molecule has 2 rings (SSSR count). The van der Waals surface area contributed by atoms with Gasteiger partial charge in [-0.2, -0.15) is 4.98 Å². The van der Waals surface area contributed by atoms with Gasteiger partial charge in [-0.15, -0.1) is 0 Å². The Labute approximate surface area is 88.1 Å². The van der Waals surface area contributed by atoms with Gasteiger partial charge in [-0.1, -0.05) is 28.9 Å². The van der Waals surface area contributed by atoms with Crippen molar-refractivity contribution in [3.05, 3.63) is 35.7 Å². The van der Waals surface area contributed by atoms with Crippen LogP contribution in [0, 0.1) is 6.92 Å². The van der Waals surface area contributed by atoms with Crippen LogP contribution in [0.15, 0.2) is 28.8 Å². The van der Waals surface area contributed by atoms with Gasteiger partial charge in [-0.25, -0.2) is 0 Å². The highest BCUT2D eigenvalue weighted by Gasteiger charge is 2.11. The van der Waals surface area contributed by atoms with E-state index >= 15 is 0 Å². The third-order valence-electron chi connectivity index (χ3n) is 2.11. The normalized spacial score (nSPS) is 12.7. The lowest BCUT2D eigenvalue weighted by Gasteiger charge is -1.96. The fourth-order valence-corrected chi connectivity index (χ4v) is 1.32. The van der Waals surface area contributed by atoms with E-state index in [2.05, 4.69) is 10.1 Å². The first-order valence-corrected chi connectivity index (χ1v) is 4.83. The maximum atomic E-state index is 5.64. The van der Waals surface area contributed by atoms with Gasteiger partial charge < -0.3 is 10.3 Å². The van der Waals surface area contributed by atoms with Crippen LogP contribution >= 0.6 is 0 Å². The Morgan fingerprint density at radius 2 is 2.20 bits per heavy atom. The zero-order valence-corrected chi connectivity index (χ0v) is 8.77. The SMILES string of the molecule is Cc1cccc(-c2noc([C@@H](C)N)n2)c1. The quantitative estimate of drug-likeness (QED) is 0.811. The van der Waals surface area contributed by atoms with E-state index < -0.39 is 0 Å². The summed E-state index contributed by atoms with van der Waals surface area (Å²) in [4.78, 5) is 4.22. The minimum Gasteiger partial charge on any atom is -0.337 e. The molecule has 4 heteroatoms. The van der Waals surface area contributed by atoms with Crippen LogP contribution in [0.2, 0.25) is 0 Å². The van der Waals surface area contributed by atoms with Crippen LogP contribution < -0.4 is 5.73 Å². The molecule has 4 nitrogen and oxygen atoms in total. The summed E-state index contributed by atoms with van der Waals surface area (Å²) in [6.45, 7) is 3.84. The predicted molar refractivity (Wildman–Crippen MR) is 57.1 cm³/mol. The second-order valence-corrected chi connectivity index (χ2v) is 3.61. The smallest absolute Gasteiger partial charge is 0.243 e. The second-order valence-electron chi connectivity index (χ2n) is 3.61. The molecular weight excluding hydrogens is 190 g/mol. The van der Waals surface area contributed by atoms with Crippen LogP contribution in [0.3, 0.4) is 0 Å². The van der Waals surface area contributed by atoms with E-state index in [0.717, 1.165) is 5.56 Å². The summed E-state index contributed by atoms with van der Waals surface area (Å²) in [5, 5.41) is 3.88. The van der Waals surface area contributed by atoms with Gasteiger partial charge in [0.2, 0.25) is 11.7 Å². The lowest BCUT2D eigenvalue weighted by atomic mass is 10.1. The number of aromatic nitrogens is 2. The van der Waals surface area contributed by atoms with Crippen molar-refractivity contribution in [3.8, 4) is 11.4 Å². The highest BCUT2D eigenvalue weighted by molar-refractivity contribution is 5.55. The number of rotatable bonds is 2. The molecule has 0 radical (unpaired) electrons. The van der Waals surface area contributed by atoms with Crippen molar-refractivity contribution in [2.75, 3.05) is 0 Å². The van der Waals surface area contributed by atoms with E-state index in [4.69, 9.17) is 10.3 Å². The fraction of sp³-hybridized carbons (Fsp3) is 0.273. The van der Waals surface area contributed by atoms with Crippen LogP contribution in [0.4, 0.5) is 0 Å². The Kier molecular flexibility index (Phi) is 2.51. The molecule has 0 aliphatic carbocycles. The van der Waals surface area contributed by atoms with E-state index in [0.29, 0.717) is 11.7 Å². The lowest BCUT2D eigenvalue weighted by molar-refractivity contribution is 0.362. The zero-order chi connectivity index (χ0) is 10.8. The van der Waals surface area contributed by atoms with Crippen molar-refractivity contribution < 1.29 is 4.52 Å². The summed E-state index contributed by atoms with van der Waals surface area (Å²) in [5.74, 6) is 1.05. The average Bonchev–Trinajstić information content (AvgIpc) is 2.66. The highest BCUT2D eigenvalue weighted by Crippen LogP contribution is 2.18. The van der Waals surface area contributed by atoms with Crippen molar-refractivity contribution >= 4 is 0 Å². The number of benzene rings is 1. The molecule has 1 aromatic carbocycles. The topological polar surface area (TPSA) is 64.9 Å². The largest absolute Gasteiger partial charge is 0.337 e. The van der Waals surface area contributed by atoms with Crippen molar-refractivity contribution in [2.24, 2.45) is 5.73 Å². The molecule has 1 aromatic heterocycles. The summed E-state index contributed by atoms with van der Waals surface area (Å²) in [5.41, 5.74) is 7.75. The van der Waals surface area contributed by atoms with Crippen molar-refractivity contribution in [3.63, 3.8) is 0 Å². The Bertz CT molecular complexity index is 462. The van der Waals surface area contributed by atoms with Gasteiger partial charge in [0.1, 0.15) is 0 Å². The summed E-state index contributed by atoms with van der Waals surface area (Å²) < 4.78 is 5.03. The monoisotopic (exact) mass is 203 g/mol. The molecule has 0 aliphatic heterocycles. The van der Waals surface area contributed by atoms with Crippen LogP contribution in [-0.4, -0.2) is 10.1 Å². The molecule has 0 spiro atoms. The minimum absolute atomic E-state index is 0.226. The van der Waals surface area contributed by atoms with Gasteiger partial charge in [0.25, 0.3) is 0 Å². The Balaban J connectivity index is 2.37. The molecule has 0 saturated carbocycles. The summed E-state index contributed by atoms with van der Waals surface area (Å²) in [6, 6.07) is 7.72. The predicted octanol–water partition coefficient (Wildman–Crippen LogP) is 2.06. The lowest BCUT2D eigenvalue weighted by Crippen LogP contribution is -2.04. The van der Waals surface area contributed by atoms with Crippen LogP contribution in [-0.2, 0) is 0 Å². The Morgan fingerprint density at radius 1 is 1.40 bits per heavy atom. The van der Waals surface area contributed by atoms with Crippen molar-refractivity contribution in [2.45, 2.75) is 19.9 Å². The molecule has 0 aliphatic rings. The maximum absolute atomic E-state index is 5.64. The van der Waals surface area contributed by atoms with Gasteiger partial charge in [0.05, 0.1) is 6.04 Å². The van der Waals surface area contributed by atoms with Gasteiger partial charge in [-0.05, 0) is 19.9 Å². The summed E-state index contributed by atoms with van der Waals surface area (Å²) in [6.07, 6.45) is 0. The molecule has 0 saturated heterocycles. The van der Waals surface area contributed by atoms with E-state index in [9.17, 15) is 0 Å². The molecule has 2 aromatic rings. The zero-order valence-electron chi connectivity index (χ0n) is 8.77. The molecule has 0 amide bonds. The van der Waals surface area contributed by atoms with E-state index in [1.54, 1.807) is 0 Å². The first-order chi connectivity index (χ1) is 7.16. The average molecular weight is 203 g/mol. The van der Waals surface area contributed by atoms with Gasteiger partial charge >= 0.3 is 0 Å². The molecule has 0 unspecified atom stereocenters. The van der Waals surface area contributed by atoms with Crippen molar-refractivity contribution in [1.82, 2.24) is 10.1 Å². The molecule has 2 N–H and O–H groups in total. The molecule has 1 atom stereocenters. The maximum Gasteiger partial charge on any atom is 0.243 e. The number of hydrogen-bond acceptors (Lipinski definition) is 4. The van der Waals surface area contributed by atoms with Gasteiger partial charge in [0.15, 0.2) is 0 Å². The van der Waals surface area contributed by atoms with E-state index in [1.165, 1.54) is 5.56 Å². The minimum atomic E-state index is -0.226. The number of nitrogens with two attached hydrogens (primary N) is 1. The number of hydrogen-bond donors (Lipinski definition) is 1. The molecular formula is C11H13N3O. The molecule has 1 heterocycles. The molecule has 15 heavy (non-hydrogen) atoms. The standard InChI is InChI=1S/C11H13N3O/c1-7-4-3-5-9(6-7)10-13-11(8(2)12)15-14-10/h3-6,8H,12H2,1-2H3/t8-/m1/s1. The highest BCUT2D eigenvalue weighted by atomic mass is 16.5. The van der Waals surface area contributed by atoms with Gasteiger partial charge in [0, 0.05) is 5.56 Å². The third-order valence-corrected chi connectivity index (χ3v) is 2.11. The van der Waals surface area contributed by atoms with E-state index in [-0.39, 0.29) is 6.04 Å². The number of nitrogens with zero attached hydrogens (tertiary/aromatic N) is 2. The third kappa shape index (κ3) is 2.05. The van der Waals surface area contributed by atoms with Crippen molar-refractivity contribution in [1.29, 1.82) is 0 Å².